The molecule has 1 nitrogen and oxygen atoms in total. The highest BCUT2D eigenvalue weighted by Gasteiger charge is 2.38. The molecule has 0 saturated carbocycles. The van der Waals surface area contributed by atoms with Gasteiger partial charge in [-0.05, 0) is 36.3 Å². The van der Waals surface area contributed by atoms with Gasteiger partial charge in [-0.25, -0.2) is 0 Å². The minimum atomic E-state index is -0.142. The summed E-state index contributed by atoms with van der Waals surface area (Å²) in [7, 11) is 1.89. The lowest BCUT2D eigenvalue weighted by Crippen LogP contribution is -2.40. The van der Waals surface area contributed by atoms with Crippen LogP contribution in [0.4, 0.5) is 0 Å². The largest absolute Gasteiger partial charge is 0.381 e. The van der Waals surface area contributed by atoms with Gasteiger partial charge in [0.2, 0.25) is 0 Å². The van der Waals surface area contributed by atoms with Gasteiger partial charge < -0.3 is 5.32 Å². The van der Waals surface area contributed by atoms with Crippen LogP contribution in [0.15, 0.2) is 18.2 Å². The van der Waals surface area contributed by atoms with Crippen LogP contribution in [-0.4, -0.2) is 17.8 Å². The monoisotopic (exact) mass is 319 g/mol. The summed E-state index contributed by atoms with van der Waals surface area (Å²) in [6.45, 7) is 0. The lowest BCUT2D eigenvalue weighted by molar-refractivity contribution is 0.622. The van der Waals surface area contributed by atoms with Gasteiger partial charge in [0.05, 0.1) is 19.8 Å². The number of hydrogen-bond acceptors (Lipinski definition) is 2. The third-order valence-corrected chi connectivity index (χ3v) is 6.30. The second-order valence-corrected chi connectivity index (χ2v) is 6.96. The molecule has 98 valence electrons. The summed E-state index contributed by atoms with van der Waals surface area (Å²) in [5.41, 5.74) is 1.15. The molecule has 5 heteroatoms. The number of thiocarbonyl (C=S) groups is 1. The van der Waals surface area contributed by atoms with E-state index in [1.54, 1.807) is 0 Å². The molecule has 1 aromatic rings. The third-order valence-electron chi connectivity index (χ3n) is 3.25. The molecule has 1 unspecified atom stereocenters. The van der Waals surface area contributed by atoms with E-state index in [9.17, 15) is 0 Å². The average Bonchev–Trinajstić information content (AvgIpc) is 2.41. The van der Waals surface area contributed by atoms with Crippen LogP contribution in [0, 0.1) is 0 Å². The van der Waals surface area contributed by atoms with Crippen molar-refractivity contribution in [2.24, 2.45) is 0 Å². The minimum absolute atomic E-state index is 0.142. The number of thioether (sulfide) groups is 1. The summed E-state index contributed by atoms with van der Waals surface area (Å²) in [5.74, 6) is 1.13. The Morgan fingerprint density at radius 2 is 2.11 bits per heavy atom. The molecule has 0 amide bonds. The van der Waals surface area contributed by atoms with Gasteiger partial charge in [-0.3, -0.25) is 0 Å². The number of hydrogen-bond donors (Lipinski definition) is 1. The molecule has 0 spiro atoms. The van der Waals surface area contributed by atoms with Crippen molar-refractivity contribution >= 4 is 52.2 Å². The fraction of sp³-hybridized carbons (Fsp3) is 0.462. The maximum absolute atomic E-state index is 6.14. The van der Waals surface area contributed by atoms with Crippen molar-refractivity contribution < 1.29 is 0 Å². The zero-order valence-corrected chi connectivity index (χ0v) is 13.3. The Morgan fingerprint density at radius 1 is 1.33 bits per heavy atom. The van der Waals surface area contributed by atoms with Gasteiger partial charge in [0.1, 0.15) is 0 Å². The summed E-state index contributed by atoms with van der Waals surface area (Å²) in [4.78, 5) is 0.880. The predicted molar refractivity (Wildman–Crippen MR) is 86.1 cm³/mol. The van der Waals surface area contributed by atoms with Gasteiger partial charge in [0.15, 0.2) is 0 Å². The van der Waals surface area contributed by atoms with E-state index < -0.39 is 0 Å². The maximum atomic E-state index is 6.14. The zero-order valence-electron chi connectivity index (χ0n) is 10.1. The number of likely N-dealkylation sites (N-methyl/N-ethyl adjacent to an activating group) is 1. The number of halogens is 2. The van der Waals surface area contributed by atoms with E-state index in [0.717, 1.165) is 22.7 Å². The van der Waals surface area contributed by atoms with E-state index in [2.05, 4.69) is 5.32 Å². The topological polar surface area (TPSA) is 12.0 Å². The summed E-state index contributed by atoms with van der Waals surface area (Å²) in [6, 6.07) is 5.84. The maximum Gasteiger partial charge on any atom is 0.0959 e. The SMILES string of the molecule is CNC(=S)C1(c2ccc(Cl)c(Cl)c2)CCCCS1. The Kier molecular flexibility index (Phi) is 4.81. The van der Waals surface area contributed by atoms with Crippen LogP contribution in [0.3, 0.4) is 0 Å². The molecule has 1 fully saturated rings. The number of benzene rings is 1. The molecule has 2 rings (SSSR count). The first kappa shape index (κ1) is 14.4. The first-order chi connectivity index (χ1) is 8.60. The normalized spacial score (nSPS) is 23.7. The van der Waals surface area contributed by atoms with Crippen LogP contribution < -0.4 is 5.32 Å². The predicted octanol–water partition coefficient (Wildman–Crippen LogP) is 4.65. The molecule has 0 radical (unpaired) electrons. The molecular weight excluding hydrogens is 305 g/mol. The van der Waals surface area contributed by atoms with Crippen molar-refractivity contribution in [3.05, 3.63) is 33.8 Å². The van der Waals surface area contributed by atoms with Crippen LogP contribution in [-0.2, 0) is 4.75 Å². The van der Waals surface area contributed by atoms with E-state index in [4.69, 9.17) is 35.4 Å². The van der Waals surface area contributed by atoms with E-state index >= 15 is 0 Å². The zero-order chi connectivity index (χ0) is 13.2. The van der Waals surface area contributed by atoms with E-state index in [0.29, 0.717) is 10.0 Å². The summed E-state index contributed by atoms with van der Waals surface area (Å²) < 4.78 is -0.142. The second kappa shape index (κ2) is 6.00. The Morgan fingerprint density at radius 3 is 2.67 bits per heavy atom. The molecule has 0 aromatic heterocycles. The van der Waals surface area contributed by atoms with Crippen molar-refractivity contribution in [2.75, 3.05) is 12.8 Å². The van der Waals surface area contributed by atoms with Crippen molar-refractivity contribution in [3.8, 4) is 0 Å². The Labute approximate surface area is 128 Å². The molecular formula is C13H15Cl2NS2. The van der Waals surface area contributed by atoms with Crippen molar-refractivity contribution in [1.29, 1.82) is 0 Å². The van der Waals surface area contributed by atoms with E-state index in [-0.39, 0.29) is 4.75 Å². The summed E-state index contributed by atoms with van der Waals surface area (Å²) >= 11 is 19.6. The molecule has 18 heavy (non-hydrogen) atoms. The fourth-order valence-corrected chi connectivity index (χ4v) is 4.49. The molecule has 1 aliphatic heterocycles. The average molecular weight is 320 g/mol. The molecule has 0 aliphatic carbocycles. The van der Waals surface area contributed by atoms with Crippen LogP contribution in [0.2, 0.25) is 10.0 Å². The Hall–Kier alpha value is 0.0400. The second-order valence-electron chi connectivity index (χ2n) is 4.34. The lowest BCUT2D eigenvalue weighted by atomic mass is 9.91. The van der Waals surface area contributed by atoms with Crippen LogP contribution in [0.1, 0.15) is 24.8 Å². The Bertz CT molecular complexity index is 456. The van der Waals surface area contributed by atoms with Gasteiger partial charge in [0.25, 0.3) is 0 Å². The first-order valence-electron chi connectivity index (χ1n) is 5.92. The highest BCUT2D eigenvalue weighted by atomic mass is 35.5. The highest BCUT2D eigenvalue weighted by molar-refractivity contribution is 8.02. The lowest BCUT2D eigenvalue weighted by Gasteiger charge is -2.37. The summed E-state index contributed by atoms with van der Waals surface area (Å²) in [6.07, 6.45) is 3.49. The molecule has 1 atom stereocenters. The molecule has 1 aliphatic rings. The molecule has 0 bridgehead atoms. The van der Waals surface area contributed by atoms with Crippen LogP contribution in [0.25, 0.3) is 0 Å². The van der Waals surface area contributed by atoms with E-state index in [1.165, 1.54) is 12.8 Å². The number of rotatable bonds is 2. The van der Waals surface area contributed by atoms with Crippen molar-refractivity contribution in [2.45, 2.75) is 24.0 Å². The molecule has 1 aromatic carbocycles. The highest BCUT2D eigenvalue weighted by Crippen LogP contribution is 2.46. The Balaban J connectivity index is 2.45. The molecule has 1 saturated heterocycles. The van der Waals surface area contributed by atoms with Crippen LogP contribution in [0.5, 0.6) is 0 Å². The van der Waals surface area contributed by atoms with Gasteiger partial charge in [-0.2, -0.15) is 0 Å². The quantitative estimate of drug-likeness (QED) is 0.797. The first-order valence-corrected chi connectivity index (χ1v) is 8.07. The molecule has 1 N–H and O–H groups in total. The van der Waals surface area contributed by atoms with Crippen molar-refractivity contribution in [1.82, 2.24) is 5.32 Å². The molecule has 1 heterocycles. The van der Waals surface area contributed by atoms with Gasteiger partial charge in [-0.15, -0.1) is 11.8 Å². The van der Waals surface area contributed by atoms with Crippen LogP contribution >= 0.6 is 47.2 Å². The summed E-state index contributed by atoms with van der Waals surface area (Å²) in [5, 5.41) is 4.33. The van der Waals surface area contributed by atoms with Gasteiger partial charge in [0, 0.05) is 7.05 Å². The standard InChI is InChI=1S/C13H15Cl2NS2/c1-16-12(17)13(6-2-3-7-18-13)9-4-5-10(14)11(15)8-9/h4-5,8H,2-3,6-7H2,1H3,(H,16,17). The van der Waals surface area contributed by atoms with E-state index in [1.807, 2.05) is 37.0 Å². The van der Waals surface area contributed by atoms with Crippen molar-refractivity contribution in [3.63, 3.8) is 0 Å². The smallest absolute Gasteiger partial charge is 0.0959 e. The third kappa shape index (κ3) is 2.64. The van der Waals surface area contributed by atoms with Gasteiger partial charge in [-0.1, -0.05) is 47.9 Å². The fourth-order valence-electron chi connectivity index (χ4n) is 2.28. The van der Waals surface area contributed by atoms with Gasteiger partial charge >= 0.3 is 0 Å². The minimum Gasteiger partial charge on any atom is -0.381 e. The number of nitrogens with one attached hydrogen (secondary N) is 1.